The van der Waals surface area contributed by atoms with Crippen molar-refractivity contribution in [1.82, 2.24) is 4.90 Å². The number of likely N-dealkylation sites (N-methyl/N-ethyl adjacent to an activating group) is 1. The molecule has 1 amide bonds. The molecule has 27 heavy (non-hydrogen) atoms. The Bertz CT molecular complexity index is 935. The highest BCUT2D eigenvalue weighted by Crippen LogP contribution is 2.22. The standard InChI is InChI=1S/C23H26N2O2/c1-16-5-10-21(11-6-16)24-23(26)17(2)25(3)15-18-7-8-20-14-22(27-4)12-9-19(20)13-18/h5-14,17H,15H2,1-4H3,(H,24,26)/t17-/m1/s1. The van der Waals surface area contributed by atoms with Crippen molar-refractivity contribution in [3.8, 4) is 5.75 Å². The second-order valence-electron chi connectivity index (χ2n) is 6.99. The lowest BCUT2D eigenvalue weighted by molar-refractivity contribution is -0.120. The molecule has 0 aliphatic rings. The molecule has 4 heteroatoms. The zero-order chi connectivity index (χ0) is 19.4. The quantitative estimate of drug-likeness (QED) is 0.696. The summed E-state index contributed by atoms with van der Waals surface area (Å²) in [6.45, 7) is 4.65. The van der Waals surface area contributed by atoms with Gasteiger partial charge in [-0.3, -0.25) is 9.69 Å². The second-order valence-corrected chi connectivity index (χ2v) is 6.99. The fourth-order valence-electron chi connectivity index (χ4n) is 3.01. The Morgan fingerprint density at radius 3 is 2.41 bits per heavy atom. The van der Waals surface area contributed by atoms with Crippen molar-refractivity contribution >= 4 is 22.4 Å². The summed E-state index contributed by atoms with van der Waals surface area (Å²) in [4.78, 5) is 14.6. The van der Waals surface area contributed by atoms with E-state index in [2.05, 4.69) is 29.6 Å². The summed E-state index contributed by atoms with van der Waals surface area (Å²) in [7, 11) is 3.64. The molecule has 0 radical (unpaired) electrons. The van der Waals surface area contributed by atoms with Crippen LogP contribution in [0.2, 0.25) is 0 Å². The summed E-state index contributed by atoms with van der Waals surface area (Å²) in [6.07, 6.45) is 0. The lowest BCUT2D eigenvalue weighted by Crippen LogP contribution is -2.39. The van der Waals surface area contributed by atoms with Gasteiger partial charge in [-0.2, -0.15) is 0 Å². The molecule has 0 spiro atoms. The number of benzene rings is 3. The van der Waals surface area contributed by atoms with E-state index < -0.39 is 0 Å². The van der Waals surface area contributed by atoms with Crippen LogP contribution >= 0.6 is 0 Å². The number of ether oxygens (including phenoxy) is 1. The Morgan fingerprint density at radius 2 is 1.70 bits per heavy atom. The Labute approximate surface area is 160 Å². The highest BCUT2D eigenvalue weighted by Gasteiger charge is 2.18. The molecule has 1 atom stereocenters. The van der Waals surface area contributed by atoms with Crippen LogP contribution in [0, 0.1) is 6.92 Å². The first-order chi connectivity index (χ1) is 13.0. The fourth-order valence-corrected chi connectivity index (χ4v) is 3.01. The van der Waals surface area contributed by atoms with E-state index in [1.807, 2.05) is 62.2 Å². The third kappa shape index (κ3) is 4.66. The molecule has 0 heterocycles. The molecule has 140 valence electrons. The highest BCUT2D eigenvalue weighted by atomic mass is 16.5. The second kappa shape index (κ2) is 8.23. The SMILES string of the molecule is COc1ccc2cc(CN(C)[C@H](C)C(=O)Nc3ccc(C)cc3)ccc2c1. The lowest BCUT2D eigenvalue weighted by Gasteiger charge is -2.24. The Hall–Kier alpha value is -2.85. The van der Waals surface area contributed by atoms with E-state index in [0.29, 0.717) is 6.54 Å². The molecule has 0 aromatic heterocycles. The van der Waals surface area contributed by atoms with Crippen molar-refractivity contribution < 1.29 is 9.53 Å². The highest BCUT2D eigenvalue weighted by molar-refractivity contribution is 5.94. The molecule has 0 saturated carbocycles. The zero-order valence-corrected chi connectivity index (χ0v) is 16.3. The molecule has 3 rings (SSSR count). The number of hydrogen-bond acceptors (Lipinski definition) is 3. The van der Waals surface area contributed by atoms with Crippen molar-refractivity contribution in [1.29, 1.82) is 0 Å². The van der Waals surface area contributed by atoms with Crippen LogP contribution in [0.15, 0.2) is 60.7 Å². The Balaban J connectivity index is 1.66. The lowest BCUT2D eigenvalue weighted by atomic mass is 10.1. The largest absolute Gasteiger partial charge is 0.497 e. The summed E-state index contributed by atoms with van der Waals surface area (Å²) in [6, 6.07) is 20.0. The van der Waals surface area contributed by atoms with E-state index >= 15 is 0 Å². The van der Waals surface area contributed by atoms with Crippen molar-refractivity contribution in [3.63, 3.8) is 0 Å². The van der Waals surface area contributed by atoms with Gasteiger partial charge >= 0.3 is 0 Å². The molecule has 0 aliphatic carbocycles. The monoisotopic (exact) mass is 362 g/mol. The number of amides is 1. The number of methoxy groups -OCH3 is 1. The van der Waals surface area contributed by atoms with E-state index in [-0.39, 0.29) is 11.9 Å². The maximum absolute atomic E-state index is 12.5. The van der Waals surface area contributed by atoms with Crippen molar-refractivity contribution in [2.75, 3.05) is 19.5 Å². The number of aryl methyl sites for hydroxylation is 1. The number of nitrogens with zero attached hydrogens (tertiary/aromatic N) is 1. The summed E-state index contributed by atoms with van der Waals surface area (Å²) in [5.41, 5.74) is 3.17. The summed E-state index contributed by atoms with van der Waals surface area (Å²) in [5.74, 6) is 0.848. The topological polar surface area (TPSA) is 41.6 Å². The fraction of sp³-hybridized carbons (Fsp3) is 0.261. The first kappa shape index (κ1) is 18.9. The molecule has 3 aromatic rings. The van der Waals surface area contributed by atoms with Crippen molar-refractivity contribution in [2.45, 2.75) is 26.4 Å². The third-order valence-electron chi connectivity index (χ3n) is 4.90. The molecule has 0 aliphatic heterocycles. The van der Waals surface area contributed by atoms with E-state index in [0.717, 1.165) is 16.8 Å². The van der Waals surface area contributed by atoms with Gasteiger partial charge in [-0.1, -0.05) is 35.9 Å². The minimum Gasteiger partial charge on any atom is -0.497 e. The van der Waals surface area contributed by atoms with Crippen LogP contribution in [0.1, 0.15) is 18.1 Å². The molecule has 0 fully saturated rings. The predicted octanol–water partition coefficient (Wildman–Crippen LogP) is 4.62. The van der Waals surface area contributed by atoms with Crippen molar-refractivity contribution in [2.24, 2.45) is 0 Å². The van der Waals surface area contributed by atoms with Gasteiger partial charge in [0.1, 0.15) is 5.75 Å². The van der Waals surface area contributed by atoms with E-state index in [1.165, 1.54) is 16.5 Å². The van der Waals surface area contributed by atoms with Crippen LogP contribution in [0.3, 0.4) is 0 Å². The summed E-state index contributed by atoms with van der Waals surface area (Å²) in [5, 5.41) is 5.29. The third-order valence-corrected chi connectivity index (χ3v) is 4.90. The van der Waals surface area contributed by atoms with Gasteiger partial charge in [-0.15, -0.1) is 0 Å². The Kier molecular flexibility index (Phi) is 5.77. The van der Waals surface area contributed by atoms with Gasteiger partial charge in [-0.05, 0) is 67.6 Å². The maximum Gasteiger partial charge on any atom is 0.241 e. The number of carbonyl (C=O) groups excluding carboxylic acids is 1. The van der Waals surface area contributed by atoms with Gasteiger partial charge in [-0.25, -0.2) is 0 Å². The van der Waals surface area contributed by atoms with Crippen molar-refractivity contribution in [3.05, 3.63) is 71.8 Å². The number of hydrogen-bond donors (Lipinski definition) is 1. The predicted molar refractivity (Wildman–Crippen MR) is 111 cm³/mol. The van der Waals surface area contributed by atoms with Crippen LogP contribution in [-0.4, -0.2) is 31.0 Å². The van der Waals surface area contributed by atoms with Gasteiger partial charge < -0.3 is 10.1 Å². The van der Waals surface area contributed by atoms with Crippen LogP contribution in [0.4, 0.5) is 5.69 Å². The molecule has 0 saturated heterocycles. The summed E-state index contributed by atoms with van der Waals surface area (Å²) >= 11 is 0. The smallest absolute Gasteiger partial charge is 0.241 e. The minimum atomic E-state index is -0.238. The van der Waals surface area contributed by atoms with Gasteiger partial charge in [0.25, 0.3) is 0 Å². The molecular formula is C23H26N2O2. The van der Waals surface area contributed by atoms with E-state index in [9.17, 15) is 4.79 Å². The first-order valence-electron chi connectivity index (χ1n) is 9.11. The average Bonchev–Trinajstić information content (AvgIpc) is 2.68. The summed E-state index contributed by atoms with van der Waals surface area (Å²) < 4.78 is 5.28. The molecule has 4 nitrogen and oxygen atoms in total. The van der Waals surface area contributed by atoms with Gasteiger partial charge in [0.05, 0.1) is 13.2 Å². The molecule has 1 N–H and O–H groups in total. The van der Waals surface area contributed by atoms with Gasteiger partial charge in [0, 0.05) is 12.2 Å². The van der Waals surface area contributed by atoms with Crippen LogP contribution in [-0.2, 0) is 11.3 Å². The number of fused-ring (bicyclic) bond motifs is 1. The molecule has 0 unspecified atom stereocenters. The van der Waals surface area contributed by atoms with Crippen LogP contribution in [0.25, 0.3) is 10.8 Å². The van der Waals surface area contributed by atoms with E-state index in [4.69, 9.17) is 4.74 Å². The average molecular weight is 362 g/mol. The van der Waals surface area contributed by atoms with E-state index in [1.54, 1.807) is 7.11 Å². The molecular weight excluding hydrogens is 336 g/mol. The van der Waals surface area contributed by atoms with Crippen LogP contribution in [0.5, 0.6) is 5.75 Å². The van der Waals surface area contributed by atoms with Crippen LogP contribution < -0.4 is 10.1 Å². The minimum absolute atomic E-state index is 0.00752. The number of carbonyl (C=O) groups is 1. The normalized spacial score (nSPS) is 12.2. The number of rotatable bonds is 6. The van der Waals surface area contributed by atoms with Gasteiger partial charge in [0.15, 0.2) is 0 Å². The zero-order valence-electron chi connectivity index (χ0n) is 16.3. The van der Waals surface area contributed by atoms with Gasteiger partial charge in [0.2, 0.25) is 5.91 Å². The first-order valence-corrected chi connectivity index (χ1v) is 9.11. The number of nitrogens with one attached hydrogen (secondary N) is 1. The molecule has 3 aromatic carbocycles. The molecule has 0 bridgehead atoms. The maximum atomic E-state index is 12.5. The number of anilines is 1. The Morgan fingerprint density at radius 1 is 1.04 bits per heavy atom.